The lowest BCUT2D eigenvalue weighted by Gasteiger charge is -2.24. The summed E-state index contributed by atoms with van der Waals surface area (Å²) in [4.78, 5) is 21.1. The number of rotatable bonds is 5. The minimum absolute atomic E-state index is 0.118. The Hall–Kier alpha value is -1.86. The number of aromatic nitrogens is 2. The molecule has 0 saturated carbocycles. The molecule has 29 heavy (non-hydrogen) atoms. The predicted octanol–water partition coefficient (Wildman–Crippen LogP) is 5.81. The van der Waals surface area contributed by atoms with Gasteiger partial charge in [0.2, 0.25) is 5.91 Å². The zero-order chi connectivity index (χ0) is 20.5. The number of amides is 1. The molecule has 1 atom stereocenters. The first-order valence-electron chi connectivity index (χ1n) is 9.49. The van der Waals surface area contributed by atoms with Crippen molar-refractivity contribution in [3.05, 3.63) is 63.3 Å². The van der Waals surface area contributed by atoms with E-state index >= 15 is 0 Å². The number of hydrogen-bond acceptors (Lipinski definition) is 4. The van der Waals surface area contributed by atoms with Gasteiger partial charge in [-0.25, -0.2) is 4.98 Å². The molecule has 0 bridgehead atoms. The topological polar surface area (TPSA) is 41.4 Å². The Kier molecular flexibility index (Phi) is 5.97. The predicted molar refractivity (Wildman–Crippen MR) is 119 cm³/mol. The number of benzene rings is 1. The summed E-state index contributed by atoms with van der Waals surface area (Å²) in [7, 11) is 2.09. The third-order valence-electron chi connectivity index (χ3n) is 5.26. The molecule has 0 spiro atoms. The van der Waals surface area contributed by atoms with E-state index in [9.17, 15) is 4.79 Å². The number of halogens is 2. The van der Waals surface area contributed by atoms with Gasteiger partial charge in [0.05, 0.1) is 27.5 Å². The lowest BCUT2D eigenvalue weighted by molar-refractivity contribution is -0.115. The fraction of sp³-hybridized carbons (Fsp3) is 0.333. The van der Waals surface area contributed by atoms with Crippen LogP contribution in [0.3, 0.4) is 0 Å². The van der Waals surface area contributed by atoms with E-state index in [1.165, 1.54) is 30.4 Å². The minimum Gasteiger partial charge on any atom is -0.353 e. The Labute approximate surface area is 184 Å². The summed E-state index contributed by atoms with van der Waals surface area (Å²) in [6, 6.07) is 9.85. The van der Waals surface area contributed by atoms with Crippen LogP contribution in [0.2, 0.25) is 10.0 Å². The van der Waals surface area contributed by atoms with Crippen molar-refractivity contribution in [2.75, 3.05) is 11.4 Å². The number of nitrogens with zero attached hydrogens (tertiary/aromatic N) is 4. The monoisotopic (exact) mass is 448 g/mol. The second kappa shape index (κ2) is 8.48. The standard InChI is InChI=1S/C21H22Cl2N4OS/c1-14(28)27(16-7-8-17(22)18(23)11-16)21-24-15(13-29-21)12-26-10-4-6-20(26)19-5-3-9-25(19)2/h3,5,7-9,11,13,20H,4,6,10,12H2,1-2H3/t20-/m1/s1. The molecule has 1 fully saturated rings. The van der Waals surface area contributed by atoms with Crippen LogP contribution in [0.1, 0.15) is 37.2 Å². The SMILES string of the molecule is CC(=O)N(c1ccc(Cl)c(Cl)c1)c1nc(CN2CCC[C@@H]2c2cccn2C)cs1. The summed E-state index contributed by atoms with van der Waals surface area (Å²) < 4.78 is 2.19. The fourth-order valence-corrected chi connectivity index (χ4v) is 5.07. The van der Waals surface area contributed by atoms with Crippen LogP contribution in [0.4, 0.5) is 10.8 Å². The van der Waals surface area contributed by atoms with Gasteiger partial charge in [-0.1, -0.05) is 23.2 Å². The largest absolute Gasteiger partial charge is 0.353 e. The molecular formula is C21H22Cl2N4OS. The Bertz CT molecular complexity index is 1030. The molecule has 3 heterocycles. The van der Waals surface area contributed by atoms with Gasteiger partial charge in [-0.3, -0.25) is 14.6 Å². The van der Waals surface area contributed by atoms with E-state index in [-0.39, 0.29) is 5.91 Å². The first kappa shape index (κ1) is 20.4. The van der Waals surface area contributed by atoms with Crippen LogP contribution in [0.15, 0.2) is 41.9 Å². The van der Waals surface area contributed by atoms with Crippen molar-refractivity contribution in [3.8, 4) is 0 Å². The summed E-state index contributed by atoms with van der Waals surface area (Å²) in [6.45, 7) is 3.33. The van der Waals surface area contributed by atoms with Gasteiger partial charge in [-0.2, -0.15) is 0 Å². The van der Waals surface area contributed by atoms with E-state index in [0.29, 0.717) is 26.9 Å². The molecule has 5 nitrogen and oxygen atoms in total. The van der Waals surface area contributed by atoms with E-state index in [1.54, 1.807) is 23.1 Å². The molecule has 1 amide bonds. The zero-order valence-electron chi connectivity index (χ0n) is 16.3. The van der Waals surface area contributed by atoms with Gasteiger partial charge >= 0.3 is 0 Å². The Morgan fingerprint density at radius 1 is 1.31 bits per heavy atom. The molecular weight excluding hydrogens is 427 g/mol. The highest BCUT2D eigenvalue weighted by atomic mass is 35.5. The van der Waals surface area contributed by atoms with Gasteiger partial charge in [0.25, 0.3) is 0 Å². The van der Waals surface area contributed by atoms with Crippen molar-refractivity contribution in [1.29, 1.82) is 0 Å². The summed E-state index contributed by atoms with van der Waals surface area (Å²) >= 11 is 13.6. The maximum absolute atomic E-state index is 12.3. The van der Waals surface area contributed by atoms with Crippen LogP contribution in [0, 0.1) is 0 Å². The molecule has 0 aliphatic carbocycles. The average molecular weight is 449 g/mol. The smallest absolute Gasteiger partial charge is 0.230 e. The number of hydrogen-bond donors (Lipinski definition) is 0. The summed E-state index contributed by atoms with van der Waals surface area (Å²) in [6.07, 6.45) is 4.42. The van der Waals surface area contributed by atoms with E-state index in [1.807, 2.05) is 5.38 Å². The molecule has 3 aromatic rings. The number of likely N-dealkylation sites (tertiary alicyclic amines) is 1. The normalized spacial score (nSPS) is 17.0. The number of carbonyl (C=O) groups is 1. The molecule has 1 aliphatic heterocycles. The number of carbonyl (C=O) groups excluding carboxylic acids is 1. The summed E-state index contributed by atoms with van der Waals surface area (Å²) in [5.41, 5.74) is 2.97. The Morgan fingerprint density at radius 3 is 2.83 bits per heavy atom. The fourth-order valence-electron chi connectivity index (χ4n) is 3.90. The summed E-state index contributed by atoms with van der Waals surface area (Å²) in [5, 5.41) is 3.54. The number of anilines is 2. The Balaban J connectivity index is 1.56. The first-order chi connectivity index (χ1) is 13.9. The molecule has 0 radical (unpaired) electrons. The molecule has 152 valence electrons. The molecule has 8 heteroatoms. The zero-order valence-corrected chi connectivity index (χ0v) is 18.6. The molecule has 4 rings (SSSR count). The van der Waals surface area contributed by atoms with E-state index in [0.717, 1.165) is 25.2 Å². The van der Waals surface area contributed by atoms with Crippen molar-refractivity contribution in [2.24, 2.45) is 7.05 Å². The van der Waals surface area contributed by atoms with Crippen molar-refractivity contribution < 1.29 is 4.79 Å². The highest BCUT2D eigenvalue weighted by Crippen LogP contribution is 2.36. The average Bonchev–Trinajstić information content (AvgIpc) is 3.40. The molecule has 0 unspecified atom stereocenters. The van der Waals surface area contributed by atoms with Crippen molar-refractivity contribution in [3.63, 3.8) is 0 Å². The molecule has 2 aromatic heterocycles. The highest BCUT2D eigenvalue weighted by Gasteiger charge is 2.28. The third kappa shape index (κ3) is 4.21. The van der Waals surface area contributed by atoms with Gasteiger partial charge in [-0.15, -0.1) is 11.3 Å². The van der Waals surface area contributed by atoms with E-state index in [2.05, 4.69) is 34.8 Å². The maximum Gasteiger partial charge on any atom is 0.230 e. The van der Waals surface area contributed by atoms with Crippen LogP contribution in [-0.2, 0) is 18.4 Å². The van der Waals surface area contributed by atoms with Crippen LogP contribution in [-0.4, -0.2) is 26.9 Å². The second-order valence-corrected chi connectivity index (χ2v) is 8.90. The second-order valence-electron chi connectivity index (χ2n) is 7.25. The van der Waals surface area contributed by atoms with Gasteiger partial charge in [0.1, 0.15) is 0 Å². The van der Waals surface area contributed by atoms with Gasteiger partial charge < -0.3 is 4.57 Å². The van der Waals surface area contributed by atoms with Crippen LogP contribution < -0.4 is 4.90 Å². The first-order valence-corrected chi connectivity index (χ1v) is 11.1. The Morgan fingerprint density at radius 2 is 2.14 bits per heavy atom. The van der Waals surface area contributed by atoms with E-state index < -0.39 is 0 Å². The minimum atomic E-state index is -0.118. The lowest BCUT2D eigenvalue weighted by Crippen LogP contribution is -2.25. The van der Waals surface area contributed by atoms with Gasteiger partial charge in [0.15, 0.2) is 5.13 Å². The quantitative estimate of drug-likeness (QED) is 0.494. The van der Waals surface area contributed by atoms with Gasteiger partial charge in [0, 0.05) is 37.8 Å². The lowest BCUT2D eigenvalue weighted by atomic mass is 10.1. The highest BCUT2D eigenvalue weighted by molar-refractivity contribution is 7.14. The van der Waals surface area contributed by atoms with Crippen molar-refractivity contribution >= 4 is 51.3 Å². The molecule has 1 saturated heterocycles. The van der Waals surface area contributed by atoms with Crippen LogP contribution >= 0.6 is 34.5 Å². The van der Waals surface area contributed by atoms with Gasteiger partial charge in [-0.05, 0) is 49.7 Å². The maximum atomic E-state index is 12.3. The molecule has 0 N–H and O–H groups in total. The molecule has 1 aromatic carbocycles. The third-order valence-corrected chi connectivity index (χ3v) is 6.87. The van der Waals surface area contributed by atoms with Crippen molar-refractivity contribution in [1.82, 2.24) is 14.5 Å². The summed E-state index contributed by atoms with van der Waals surface area (Å²) in [5.74, 6) is -0.118. The van der Waals surface area contributed by atoms with Crippen LogP contribution in [0.5, 0.6) is 0 Å². The number of thiazole rings is 1. The van der Waals surface area contributed by atoms with Crippen molar-refractivity contribution in [2.45, 2.75) is 32.4 Å². The molecule has 1 aliphatic rings. The number of aryl methyl sites for hydroxylation is 1. The van der Waals surface area contributed by atoms with Crippen LogP contribution in [0.25, 0.3) is 0 Å². The van der Waals surface area contributed by atoms with E-state index in [4.69, 9.17) is 28.2 Å².